The molecule has 0 unspecified atom stereocenters. The molecule has 144 valence electrons. The molecule has 2 aromatic heterocycles. The van der Waals surface area contributed by atoms with Crippen molar-refractivity contribution in [2.45, 2.75) is 18.8 Å². The molecule has 1 saturated heterocycles. The van der Waals surface area contributed by atoms with Crippen LogP contribution in [0, 0.1) is 5.82 Å². The third kappa shape index (κ3) is 4.19. The number of pyridine rings is 1. The van der Waals surface area contributed by atoms with Crippen molar-refractivity contribution >= 4 is 5.91 Å². The summed E-state index contributed by atoms with van der Waals surface area (Å²) in [6, 6.07) is 11.6. The van der Waals surface area contributed by atoms with E-state index in [1.54, 1.807) is 12.5 Å². The number of carbonyl (C=O) groups is 1. The zero-order chi connectivity index (χ0) is 19.3. The van der Waals surface area contributed by atoms with Crippen molar-refractivity contribution in [1.82, 2.24) is 19.4 Å². The summed E-state index contributed by atoms with van der Waals surface area (Å²) in [5.41, 5.74) is 0.975. The van der Waals surface area contributed by atoms with Gasteiger partial charge in [-0.15, -0.1) is 0 Å². The summed E-state index contributed by atoms with van der Waals surface area (Å²) < 4.78 is 20.3. The van der Waals surface area contributed by atoms with Crippen molar-refractivity contribution in [3.63, 3.8) is 0 Å². The summed E-state index contributed by atoms with van der Waals surface area (Å²) in [6.45, 7) is 1.27. The van der Waals surface area contributed by atoms with Gasteiger partial charge in [0.2, 0.25) is 0 Å². The Morgan fingerprint density at radius 1 is 1.21 bits per heavy atom. The zero-order valence-corrected chi connectivity index (χ0v) is 15.4. The smallest absolute Gasteiger partial charge is 0.260 e. The van der Waals surface area contributed by atoms with E-state index in [4.69, 9.17) is 9.72 Å². The molecule has 28 heavy (non-hydrogen) atoms. The largest absolute Gasteiger partial charge is 0.484 e. The van der Waals surface area contributed by atoms with Crippen molar-refractivity contribution in [2.75, 3.05) is 19.7 Å². The van der Waals surface area contributed by atoms with E-state index in [0.29, 0.717) is 18.8 Å². The Labute approximate surface area is 162 Å². The number of piperidine rings is 1. The summed E-state index contributed by atoms with van der Waals surface area (Å²) in [4.78, 5) is 23.2. The number of amides is 1. The molecular weight excluding hydrogens is 359 g/mol. The molecule has 1 aliphatic rings. The molecule has 0 radical (unpaired) electrons. The van der Waals surface area contributed by atoms with Gasteiger partial charge in [-0.25, -0.2) is 14.4 Å². The molecule has 0 N–H and O–H groups in total. The van der Waals surface area contributed by atoms with E-state index < -0.39 is 0 Å². The van der Waals surface area contributed by atoms with Crippen LogP contribution in [0.25, 0.3) is 5.82 Å². The minimum absolute atomic E-state index is 0.0547. The number of ether oxygens (including phenoxy) is 1. The van der Waals surface area contributed by atoms with Crippen LogP contribution in [0.2, 0.25) is 0 Å². The molecule has 0 aliphatic carbocycles. The van der Waals surface area contributed by atoms with E-state index in [-0.39, 0.29) is 24.2 Å². The molecule has 1 amide bonds. The first-order valence-corrected chi connectivity index (χ1v) is 9.30. The van der Waals surface area contributed by atoms with E-state index in [1.807, 2.05) is 33.9 Å². The van der Waals surface area contributed by atoms with Gasteiger partial charge in [-0.2, -0.15) is 0 Å². The molecule has 1 aliphatic heterocycles. The molecule has 7 heteroatoms. The minimum Gasteiger partial charge on any atom is -0.484 e. The number of hydrogen-bond donors (Lipinski definition) is 0. The monoisotopic (exact) mass is 380 g/mol. The lowest BCUT2D eigenvalue weighted by atomic mass is 9.94. The highest BCUT2D eigenvalue weighted by Gasteiger charge is 2.26. The topological polar surface area (TPSA) is 60.2 Å². The van der Waals surface area contributed by atoms with E-state index in [0.717, 1.165) is 24.4 Å². The second kappa shape index (κ2) is 8.21. The number of benzene rings is 1. The van der Waals surface area contributed by atoms with Gasteiger partial charge >= 0.3 is 0 Å². The average Bonchev–Trinajstić information content (AvgIpc) is 3.28. The van der Waals surface area contributed by atoms with Crippen LogP contribution >= 0.6 is 0 Å². The van der Waals surface area contributed by atoms with Crippen LogP contribution in [-0.4, -0.2) is 45.0 Å². The number of rotatable bonds is 5. The Kier molecular flexibility index (Phi) is 5.32. The molecule has 4 rings (SSSR count). The van der Waals surface area contributed by atoms with Gasteiger partial charge in [0.25, 0.3) is 5.91 Å². The lowest BCUT2D eigenvalue weighted by Crippen LogP contribution is -2.41. The molecule has 1 aromatic carbocycles. The lowest BCUT2D eigenvalue weighted by molar-refractivity contribution is -0.134. The van der Waals surface area contributed by atoms with Crippen molar-refractivity contribution in [3.8, 4) is 11.6 Å². The number of imidazole rings is 1. The maximum absolute atomic E-state index is 13.0. The number of nitrogens with zero attached hydrogens (tertiary/aromatic N) is 4. The molecule has 1 atom stereocenters. The normalized spacial score (nSPS) is 16.8. The second-order valence-corrected chi connectivity index (χ2v) is 6.81. The summed E-state index contributed by atoms with van der Waals surface area (Å²) in [6.07, 6.45) is 7.20. The number of hydrogen-bond acceptors (Lipinski definition) is 4. The van der Waals surface area contributed by atoms with Crippen LogP contribution in [-0.2, 0) is 4.79 Å². The van der Waals surface area contributed by atoms with Crippen LogP contribution in [0.15, 0.2) is 61.2 Å². The highest BCUT2D eigenvalue weighted by molar-refractivity contribution is 5.78. The molecular formula is C21H21FN4O2. The fourth-order valence-corrected chi connectivity index (χ4v) is 3.42. The Bertz CT molecular complexity index is 928. The Hall–Kier alpha value is -3.22. The fraction of sp³-hybridized carbons (Fsp3) is 0.286. The molecule has 1 fully saturated rings. The van der Waals surface area contributed by atoms with E-state index in [1.165, 1.54) is 24.3 Å². The number of halogens is 1. The van der Waals surface area contributed by atoms with Crippen LogP contribution in [0.3, 0.4) is 0 Å². The van der Waals surface area contributed by atoms with Gasteiger partial charge in [0.1, 0.15) is 23.7 Å². The molecule has 0 saturated carbocycles. The maximum atomic E-state index is 13.0. The van der Waals surface area contributed by atoms with E-state index in [2.05, 4.69) is 4.98 Å². The third-order valence-electron chi connectivity index (χ3n) is 4.89. The van der Waals surface area contributed by atoms with Gasteiger partial charge in [-0.05, 0) is 49.2 Å². The third-order valence-corrected chi connectivity index (χ3v) is 4.89. The van der Waals surface area contributed by atoms with Crippen molar-refractivity contribution < 1.29 is 13.9 Å². The fourth-order valence-electron chi connectivity index (χ4n) is 3.42. The summed E-state index contributed by atoms with van der Waals surface area (Å²) >= 11 is 0. The highest BCUT2D eigenvalue weighted by atomic mass is 19.1. The maximum Gasteiger partial charge on any atom is 0.260 e. The van der Waals surface area contributed by atoms with Crippen LogP contribution < -0.4 is 4.74 Å². The Morgan fingerprint density at radius 3 is 2.86 bits per heavy atom. The number of likely N-dealkylation sites (tertiary alicyclic amines) is 1. The number of carbonyl (C=O) groups excluding carboxylic acids is 1. The van der Waals surface area contributed by atoms with Crippen molar-refractivity contribution in [2.24, 2.45) is 0 Å². The van der Waals surface area contributed by atoms with Gasteiger partial charge in [-0.1, -0.05) is 6.07 Å². The van der Waals surface area contributed by atoms with Crippen molar-refractivity contribution in [3.05, 3.63) is 72.7 Å². The molecule has 6 nitrogen and oxygen atoms in total. The standard InChI is InChI=1S/C21H21FN4O2/c22-17-6-8-18(9-7-17)28-14-21(27)25-11-2-3-16(13-25)19-4-1-5-20(24-19)26-12-10-23-15-26/h1,4-10,12,15-16H,2-3,11,13-14H2/t16-/m1/s1. The zero-order valence-electron chi connectivity index (χ0n) is 15.4. The van der Waals surface area contributed by atoms with Gasteiger partial charge < -0.3 is 9.64 Å². The summed E-state index contributed by atoms with van der Waals surface area (Å²) in [5, 5.41) is 0. The van der Waals surface area contributed by atoms with Crippen LogP contribution in [0.4, 0.5) is 4.39 Å². The van der Waals surface area contributed by atoms with Gasteiger partial charge in [0.05, 0.1) is 0 Å². The quantitative estimate of drug-likeness (QED) is 0.682. The highest BCUT2D eigenvalue weighted by Crippen LogP contribution is 2.26. The SMILES string of the molecule is O=C(COc1ccc(F)cc1)N1CCC[C@@H](c2cccc(-n3ccnc3)n2)C1. The van der Waals surface area contributed by atoms with E-state index >= 15 is 0 Å². The van der Waals surface area contributed by atoms with Crippen LogP contribution in [0.5, 0.6) is 5.75 Å². The van der Waals surface area contributed by atoms with Gasteiger partial charge in [0.15, 0.2) is 6.61 Å². The molecule has 3 heterocycles. The first-order valence-electron chi connectivity index (χ1n) is 9.30. The summed E-state index contributed by atoms with van der Waals surface area (Å²) in [5.74, 6) is 1.09. The minimum atomic E-state index is -0.331. The summed E-state index contributed by atoms with van der Waals surface area (Å²) in [7, 11) is 0. The molecule has 3 aromatic rings. The Morgan fingerprint density at radius 2 is 2.07 bits per heavy atom. The molecule has 0 bridgehead atoms. The Balaban J connectivity index is 1.39. The second-order valence-electron chi connectivity index (χ2n) is 6.81. The van der Waals surface area contributed by atoms with Crippen molar-refractivity contribution in [1.29, 1.82) is 0 Å². The average molecular weight is 380 g/mol. The van der Waals surface area contributed by atoms with Gasteiger partial charge in [0, 0.05) is 37.1 Å². The van der Waals surface area contributed by atoms with Gasteiger partial charge in [-0.3, -0.25) is 9.36 Å². The predicted molar refractivity (Wildman–Crippen MR) is 102 cm³/mol. The first-order chi connectivity index (χ1) is 13.7. The lowest BCUT2D eigenvalue weighted by Gasteiger charge is -2.32. The number of aromatic nitrogens is 3. The molecule has 0 spiro atoms. The first kappa shape index (κ1) is 18.2. The van der Waals surface area contributed by atoms with Crippen LogP contribution in [0.1, 0.15) is 24.5 Å². The predicted octanol–water partition coefficient (Wildman–Crippen LogP) is 3.19. The van der Waals surface area contributed by atoms with E-state index in [9.17, 15) is 9.18 Å².